The molecule has 0 amide bonds. The molecule has 1 saturated heterocycles. The summed E-state index contributed by atoms with van der Waals surface area (Å²) in [6.45, 7) is 3.61. The second kappa shape index (κ2) is 11.4. The van der Waals surface area contributed by atoms with Crippen LogP contribution in [0.25, 0.3) is 0 Å². The number of esters is 1. The van der Waals surface area contributed by atoms with Gasteiger partial charge in [0, 0.05) is 19.6 Å². The highest BCUT2D eigenvalue weighted by atomic mass is 19.3. The monoisotopic (exact) mass is 413 g/mol. The highest BCUT2D eigenvalue weighted by Crippen LogP contribution is 2.29. The number of carbonyl (C=O) groups excluding carboxylic acids is 1. The molecule has 29 heavy (non-hydrogen) atoms. The fourth-order valence-electron chi connectivity index (χ4n) is 3.19. The van der Waals surface area contributed by atoms with E-state index in [0.29, 0.717) is 45.6 Å². The van der Waals surface area contributed by atoms with Gasteiger partial charge in [-0.15, -0.1) is 0 Å². The summed E-state index contributed by atoms with van der Waals surface area (Å²) in [6.07, 6.45) is 1.41. The maximum atomic E-state index is 12.6. The number of ether oxygens (including phenoxy) is 3. The van der Waals surface area contributed by atoms with Crippen molar-refractivity contribution in [1.82, 2.24) is 10.2 Å². The molecule has 162 valence electrons. The number of hydrogen-bond acceptors (Lipinski definition) is 5. The summed E-state index contributed by atoms with van der Waals surface area (Å²) < 4.78 is 39.9. The Morgan fingerprint density at radius 2 is 2.00 bits per heavy atom. The Kier molecular flexibility index (Phi) is 8.95. The summed E-state index contributed by atoms with van der Waals surface area (Å²) >= 11 is 0. The van der Waals surface area contributed by atoms with Crippen molar-refractivity contribution in [3.8, 4) is 11.5 Å². The van der Waals surface area contributed by atoms with Gasteiger partial charge in [-0.3, -0.25) is 4.79 Å². The first kappa shape index (κ1) is 22.7. The van der Waals surface area contributed by atoms with Crippen LogP contribution in [0.15, 0.2) is 23.2 Å². The number of likely N-dealkylation sites (tertiary alicyclic amines) is 1. The molecule has 0 unspecified atom stereocenters. The van der Waals surface area contributed by atoms with Crippen LogP contribution in [-0.2, 0) is 16.1 Å². The van der Waals surface area contributed by atoms with Crippen molar-refractivity contribution in [1.29, 1.82) is 0 Å². The largest absolute Gasteiger partial charge is 0.493 e. The number of piperidine rings is 1. The van der Waals surface area contributed by atoms with Crippen molar-refractivity contribution < 1.29 is 27.8 Å². The van der Waals surface area contributed by atoms with Gasteiger partial charge in [-0.25, -0.2) is 4.99 Å². The fourth-order valence-corrected chi connectivity index (χ4v) is 3.19. The standard InChI is InChI=1S/C20H29F2N3O4/c1-4-23-20(25-10-8-15(9-11-25)18(26)28-5-2)24-13-14-6-7-16(27-3)17(12-14)29-19(21)22/h6-7,12,15,19H,4-5,8-11,13H2,1-3H3,(H,23,24). The predicted octanol–water partition coefficient (Wildman–Crippen LogP) is 3.04. The average molecular weight is 413 g/mol. The predicted molar refractivity (Wildman–Crippen MR) is 105 cm³/mol. The molecule has 1 aromatic carbocycles. The van der Waals surface area contributed by atoms with Crippen LogP contribution in [0.1, 0.15) is 32.3 Å². The second-order valence-corrected chi connectivity index (χ2v) is 6.55. The van der Waals surface area contributed by atoms with Gasteiger partial charge in [-0.1, -0.05) is 6.07 Å². The van der Waals surface area contributed by atoms with Crippen molar-refractivity contribution >= 4 is 11.9 Å². The molecule has 0 spiro atoms. The number of halogens is 2. The summed E-state index contributed by atoms with van der Waals surface area (Å²) in [5, 5.41) is 3.24. The summed E-state index contributed by atoms with van der Waals surface area (Å²) in [5.74, 6) is 0.729. The van der Waals surface area contributed by atoms with Gasteiger partial charge < -0.3 is 24.4 Å². The molecule has 1 aromatic rings. The SMILES string of the molecule is CCNC(=NCc1ccc(OC)c(OC(F)F)c1)N1CCC(C(=O)OCC)CC1. The highest BCUT2D eigenvalue weighted by molar-refractivity contribution is 5.80. The number of alkyl halides is 2. The molecule has 0 aromatic heterocycles. The molecule has 1 aliphatic heterocycles. The van der Waals surface area contributed by atoms with Crippen LogP contribution < -0.4 is 14.8 Å². The molecule has 0 atom stereocenters. The quantitative estimate of drug-likeness (QED) is 0.401. The van der Waals surface area contributed by atoms with Crippen molar-refractivity contribution in [3.05, 3.63) is 23.8 Å². The number of carbonyl (C=O) groups is 1. The Balaban J connectivity index is 2.05. The normalized spacial score (nSPS) is 15.4. The Labute approximate surface area is 170 Å². The first-order valence-electron chi connectivity index (χ1n) is 9.80. The Hall–Kier alpha value is -2.58. The Morgan fingerprint density at radius 1 is 1.28 bits per heavy atom. The van der Waals surface area contributed by atoms with E-state index in [0.717, 1.165) is 11.5 Å². The van der Waals surface area contributed by atoms with Crippen LogP contribution >= 0.6 is 0 Å². The van der Waals surface area contributed by atoms with Crippen molar-refractivity contribution in [2.24, 2.45) is 10.9 Å². The number of methoxy groups -OCH3 is 1. The lowest BCUT2D eigenvalue weighted by Gasteiger charge is -2.33. The molecule has 1 aliphatic rings. The van der Waals surface area contributed by atoms with Gasteiger partial charge in [0.1, 0.15) is 0 Å². The molecule has 1 fully saturated rings. The molecule has 0 bridgehead atoms. The molecular formula is C20H29F2N3O4. The summed E-state index contributed by atoms with van der Waals surface area (Å²) in [6, 6.07) is 4.85. The van der Waals surface area contributed by atoms with Gasteiger partial charge in [-0.2, -0.15) is 8.78 Å². The number of guanidine groups is 1. The van der Waals surface area contributed by atoms with Crippen molar-refractivity contribution in [3.63, 3.8) is 0 Å². The third kappa shape index (κ3) is 6.76. The van der Waals surface area contributed by atoms with E-state index >= 15 is 0 Å². The van der Waals surface area contributed by atoms with Gasteiger partial charge in [0.15, 0.2) is 17.5 Å². The third-order valence-electron chi connectivity index (χ3n) is 4.60. The van der Waals surface area contributed by atoms with Crippen LogP contribution in [-0.4, -0.2) is 56.8 Å². The van der Waals surface area contributed by atoms with E-state index in [1.54, 1.807) is 19.1 Å². The van der Waals surface area contributed by atoms with Crippen LogP contribution in [0, 0.1) is 5.92 Å². The fraction of sp³-hybridized carbons (Fsp3) is 0.600. The summed E-state index contributed by atoms with van der Waals surface area (Å²) in [5.41, 5.74) is 0.721. The number of rotatable bonds is 8. The lowest BCUT2D eigenvalue weighted by Crippen LogP contribution is -2.46. The van der Waals surface area contributed by atoms with Gasteiger partial charge in [0.25, 0.3) is 0 Å². The maximum absolute atomic E-state index is 12.6. The minimum absolute atomic E-state index is 0.0181. The smallest absolute Gasteiger partial charge is 0.387 e. The summed E-state index contributed by atoms with van der Waals surface area (Å²) in [7, 11) is 1.40. The zero-order chi connectivity index (χ0) is 21.2. The van der Waals surface area contributed by atoms with Crippen LogP contribution in [0.4, 0.5) is 8.78 Å². The lowest BCUT2D eigenvalue weighted by molar-refractivity contribution is -0.149. The molecule has 9 heteroatoms. The average Bonchev–Trinajstić information content (AvgIpc) is 2.71. The first-order chi connectivity index (χ1) is 14.0. The Morgan fingerprint density at radius 3 is 2.59 bits per heavy atom. The molecular weight excluding hydrogens is 384 g/mol. The number of aliphatic imine (C=N–C) groups is 1. The van der Waals surface area contributed by atoms with Crippen molar-refractivity contribution in [2.45, 2.75) is 39.8 Å². The first-order valence-corrected chi connectivity index (χ1v) is 9.80. The topological polar surface area (TPSA) is 72.4 Å². The number of hydrogen-bond donors (Lipinski definition) is 1. The minimum atomic E-state index is -2.93. The van der Waals surface area contributed by atoms with E-state index in [-0.39, 0.29) is 23.4 Å². The van der Waals surface area contributed by atoms with Gasteiger partial charge in [0.05, 0.1) is 26.2 Å². The van der Waals surface area contributed by atoms with E-state index in [1.165, 1.54) is 13.2 Å². The van der Waals surface area contributed by atoms with Crippen LogP contribution in [0.2, 0.25) is 0 Å². The summed E-state index contributed by atoms with van der Waals surface area (Å²) in [4.78, 5) is 18.6. The second-order valence-electron chi connectivity index (χ2n) is 6.55. The number of nitrogens with zero attached hydrogens (tertiary/aromatic N) is 2. The van der Waals surface area contributed by atoms with Crippen molar-refractivity contribution in [2.75, 3.05) is 33.4 Å². The van der Waals surface area contributed by atoms with E-state index in [4.69, 9.17) is 9.47 Å². The lowest BCUT2D eigenvalue weighted by atomic mass is 9.97. The van der Waals surface area contributed by atoms with E-state index < -0.39 is 6.61 Å². The molecule has 1 N–H and O–H groups in total. The van der Waals surface area contributed by atoms with Gasteiger partial charge in [-0.05, 0) is 44.4 Å². The molecule has 0 saturated carbocycles. The van der Waals surface area contributed by atoms with E-state index in [9.17, 15) is 13.6 Å². The zero-order valence-electron chi connectivity index (χ0n) is 17.1. The van der Waals surface area contributed by atoms with Gasteiger partial charge >= 0.3 is 12.6 Å². The van der Waals surface area contributed by atoms with Gasteiger partial charge in [0.2, 0.25) is 0 Å². The molecule has 0 radical (unpaired) electrons. The highest BCUT2D eigenvalue weighted by Gasteiger charge is 2.27. The van der Waals surface area contributed by atoms with Crippen LogP contribution in [0.3, 0.4) is 0 Å². The van der Waals surface area contributed by atoms with E-state index in [2.05, 4.69) is 19.9 Å². The molecule has 7 nitrogen and oxygen atoms in total. The zero-order valence-corrected chi connectivity index (χ0v) is 17.1. The van der Waals surface area contributed by atoms with E-state index in [1.807, 2.05) is 6.92 Å². The minimum Gasteiger partial charge on any atom is -0.493 e. The van der Waals surface area contributed by atoms with Crippen LogP contribution in [0.5, 0.6) is 11.5 Å². The Bertz CT molecular complexity index is 692. The molecule has 0 aliphatic carbocycles. The number of benzene rings is 1. The molecule has 1 heterocycles. The number of nitrogens with one attached hydrogen (secondary N) is 1. The molecule has 2 rings (SSSR count). The maximum Gasteiger partial charge on any atom is 0.387 e. The third-order valence-corrected chi connectivity index (χ3v) is 4.60.